The van der Waals surface area contributed by atoms with E-state index in [2.05, 4.69) is 9.47 Å². The average Bonchev–Trinajstić information content (AvgIpc) is 3.12. The highest BCUT2D eigenvalue weighted by Crippen LogP contribution is 2.44. The molecule has 0 atom stereocenters. The summed E-state index contributed by atoms with van der Waals surface area (Å²) in [6.45, 7) is -0.995. The number of hydrogen-bond donors (Lipinski definition) is 1. The molecule has 1 aliphatic carbocycles. The zero-order valence-corrected chi connectivity index (χ0v) is 28.7. The third-order valence-corrected chi connectivity index (χ3v) is 7.72. The largest absolute Gasteiger partial charge is 0.505 e. The van der Waals surface area contributed by atoms with Crippen molar-refractivity contribution in [3.63, 3.8) is 0 Å². The summed E-state index contributed by atoms with van der Waals surface area (Å²) in [6, 6.07) is 8.43. The van der Waals surface area contributed by atoms with Crippen LogP contribution in [0.2, 0.25) is 0 Å². The predicted molar refractivity (Wildman–Crippen MR) is 179 cm³/mol. The quantitative estimate of drug-likeness (QED) is 0.0725. The van der Waals surface area contributed by atoms with Gasteiger partial charge in [0.25, 0.3) is 0 Å². The molecule has 1 N–H and O–H groups in total. The minimum absolute atomic E-state index is 0.0223. The summed E-state index contributed by atoms with van der Waals surface area (Å²) in [5, 5.41) is 10.2. The van der Waals surface area contributed by atoms with Crippen LogP contribution in [0.25, 0.3) is 33.4 Å². The summed E-state index contributed by atoms with van der Waals surface area (Å²) in [5.74, 6) is -5.27. The second-order valence-corrected chi connectivity index (χ2v) is 11.1. The number of fused-ring (bicyclic) bond motifs is 2. The van der Waals surface area contributed by atoms with E-state index in [1.165, 1.54) is 36.2 Å². The van der Waals surface area contributed by atoms with Crippen molar-refractivity contribution in [1.82, 2.24) is 4.90 Å². The smallest absolute Gasteiger partial charge is 0.325 e. The molecule has 0 aromatic heterocycles. The Morgan fingerprint density at radius 3 is 1.98 bits per heavy atom. The molecule has 278 valence electrons. The number of hydrogen-bond acceptors (Lipinski definition) is 15. The Labute approximate surface area is 295 Å². The second kappa shape index (κ2) is 17.9. The van der Waals surface area contributed by atoms with Crippen LogP contribution in [0, 0.1) is 11.6 Å². The van der Waals surface area contributed by atoms with Gasteiger partial charge < -0.3 is 42.8 Å². The summed E-state index contributed by atoms with van der Waals surface area (Å²) in [7, 11) is 4.77. The molecule has 0 spiro atoms. The van der Waals surface area contributed by atoms with Gasteiger partial charge in [-0.2, -0.15) is 0 Å². The number of anilines is 1. The third kappa shape index (κ3) is 9.70. The number of esters is 4. The Hall–Kier alpha value is -5.81. The lowest BCUT2D eigenvalue weighted by atomic mass is 9.93. The molecule has 1 heterocycles. The van der Waals surface area contributed by atoms with Crippen molar-refractivity contribution in [3.05, 3.63) is 64.3 Å². The van der Waals surface area contributed by atoms with Crippen LogP contribution < -0.4 is 15.1 Å². The van der Waals surface area contributed by atoms with E-state index in [4.69, 9.17) is 23.4 Å². The van der Waals surface area contributed by atoms with Gasteiger partial charge in [0.15, 0.2) is 17.4 Å². The van der Waals surface area contributed by atoms with Gasteiger partial charge in [-0.3, -0.25) is 28.9 Å². The van der Waals surface area contributed by atoms with Crippen molar-refractivity contribution in [2.45, 2.75) is 0 Å². The number of ether oxygens (including phenoxy) is 6. The van der Waals surface area contributed by atoms with E-state index < -0.39 is 59.8 Å². The molecule has 4 rings (SSSR count). The first-order valence-corrected chi connectivity index (χ1v) is 15.6. The van der Waals surface area contributed by atoms with Gasteiger partial charge in [-0.05, 0) is 29.8 Å². The van der Waals surface area contributed by atoms with E-state index in [1.54, 1.807) is 6.07 Å². The summed E-state index contributed by atoms with van der Waals surface area (Å²) >= 11 is 0. The van der Waals surface area contributed by atoms with Gasteiger partial charge in [0.05, 0.1) is 60.4 Å². The molecule has 2 aromatic carbocycles. The molecule has 52 heavy (non-hydrogen) atoms. The van der Waals surface area contributed by atoms with Crippen LogP contribution in [0.5, 0.6) is 11.5 Å². The van der Waals surface area contributed by atoms with Crippen molar-refractivity contribution in [2.24, 2.45) is 0 Å². The van der Waals surface area contributed by atoms with Gasteiger partial charge in [-0.1, -0.05) is 6.07 Å². The van der Waals surface area contributed by atoms with E-state index in [9.17, 15) is 37.9 Å². The molecule has 17 heteroatoms. The van der Waals surface area contributed by atoms with Gasteiger partial charge in [0, 0.05) is 35.2 Å². The number of halogens is 2. The number of rotatable bonds is 17. The predicted octanol–water partition coefficient (Wildman–Crippen LogP) is 2.74. The Kier molecular flexibility index (Phi) is 13.4. The zero-order chi connectivity index (χ0) is 37.9. The lowest BCUT2D eigenvalue weighted by Gasteiger charge is -2.26. The maximum Gasteiger partial charge on any atom is 0.325 e. The fourth-order valence-electron chi connectivity index (χ4n) is 5.14. The highest BCUT2D eigenvalue weighted by molar-refractivity contribution is 6.03. The number of nitrogens with zero attached hydrogens (tertiary/aromatic N) is 2. The summed E-state index contributed by atoms with van der Waals surface area (Å²) in [5.41, 5.74) is -0.236. The minimum Gasteiger partial charge on any atom is -0.505 e. The van der Waals surface area contributed by atoms with Gasteiger partial charge in [0.1, 0.15) is 36.8 Å². The first kappa shape index (κ1) is 39.0. The highest BCUT2D eigenvalue weighted by Gasteiger charge is 2.25. The van der Waals surface area contributed by atoms with Gasteiger partial charge in [-0.25, -0.2) is 8.78 Å². The first-order valence-electron chi connectivity index (χ1n) is 15.6. The fraction of sp³-hybridized carbons (Fsp3) is 0.343. The molecule has 0 amide bonds. The molecule has 2 aliphatic rings. The molecule has 0 radical (unpaired) electrons. The van der Waals surface area contributed by atoms with E-state index in [0.29, 0.717) is 5.56 Å². The normalized spacial score (nSPS) is 11.1. The molecule has 0 unspecified atom stereocenters. The molecule has 2 aromatic rings. The van der Waals surface area contributed by atoms with Gasteiger partial charge >= 0.3 is 23.9 Å². The van der Waals surface area contributed by atoms with Crippen LogP contribution in [0.4, 0.5) is 14.5 Å². The molecular formula is C35H36F2N2O13. The Balaban J connectivity index is 1.71. The molecule has 0 fully saturated rings. The molecular weight excluding hydrogens is 694 g/mol. The van der Waals surface area contributed by atoms with E-state index in [1.807, 2.05) is 0 Å². The van der Waals surface area contributed by atoms with Gasteiger partial charge in [-0.15, -0.1) is 0 Å². The van der Waals surface area contributed by atoms with Crippen LogP contribution in [0.15, 0.2) is 51.7 Å². The number of methoxy groups -OCH3 is 4. The number of aromatic hydroxyl groups is 1. The monoisotopic (exact) mass is 730 g/mol. The zero-order valence-electron chi connectivity index (χ0n) is 28.7. The van der Waals surface area contributed by atoms with Gasteiger partial charge in [0.2, 0.25) is 5.43 Å². The minimum atomic E-state index is -1.10. The number of benzene rings is 3. The van der Waals surface area contributed by atoms with Crippen molar-refractivity contribution in [1.29, 1.82) is 0 Å². The first-order chi connectivity index (χ1) is 24.9. The molecule has 0 bridgehead atoms. The fourth-order valence-corrected chi connectivity index (χ4v) is 5.14. The second-order valence-electron chi connectivity index (χ2n) is 11.1. The van der Waals surface area contributed by atoms with Crippen molar-refractivity contribution in [2.75, 3.05) is 85.9 Å². The Morgan fingerprint density at radius 1 is 0.750 bits per heavy atom. The SMILES string of the molecule is COC(=O)CN(CCOCCOc1ccc(-c2c3cc(F)c(=O)cc-3oc3cc(O)c(F)cc23)cc1N(CC(=O)OC)CC(=O)OC)CC(=O)OC. The number of carbonyl (C=O) groups is 4. The third-order valence-electron chi connectivity index (χ3n) is 7.72. The maximum atomic E-state index is 14.7. The van der Waals surface area contributed by atoms with Crippen LogP contribution >= 0.6 is 0 Å². The number of carbonyl (C=O) groups excluding carboxylic acids is 4. The van der Waals surface area contributed by atoms with E-state index >= 15 is 0 Å². The summed E-state index contributed by atoms with van der Waals surface area (Å²) in [6.07, 6.45) is 0. The molecule has 1 aliphatic heterocycles. The van der Waals surface area contributed by atoms with Crippen LogP contribution in [-0.2, 0) is 42.9 Å². The Bertz CT molecular complexity index is 1930. The highest BCUT2D eigenvalue weighted by atomic mass is 19.1. The number of phenols is 1. The molecule has 0 saturated heterocycles. The topological polar surface area (TPSA) is 181 Å². The summed E-state index contributed by atoms with van der Waals surface area (Å²) in [4.78, 5) is 63.5. The average molecular weight is 731 g/mol. The van der Waals surface area contributed by atoms with Crippen LogP contribution in [-0.4, -0.2) is 115 Å². The molecule has 15 nitrogen and oxygen atoms in total. The number of phenolic OH excluding ortho intramolecular Hbond substituents is 1. The van der Waals surface area contributed by atoms with Crippen molar-refractivity contribution < 1.29 is 65.9 Å². The lowest BCUT2D eigenvalue weighted by molar-refractivity contribution is -0.146. The van der Waals surface area contributed by atoms with E-state index in [-0.39, 0.29) is 78.7 Å². The van der Waals surface area contributed by atoms with Crippen molar-refractivity contribution in [3.8, 4) is 33.9 Å². The van der Waals surface area contributed by atoms with Crippen LogP contribution in [0.1, 0.15) is 0 Å². The van der Waals surface area contributed by atoms with Crippen LogP contribution in [0.3, 0.4) is 0 Å². The van der Waals surface area contributed by atoms with Crippen molar-refractivity contribution >= 4 is 40.5 Å². The maximum absolute atomic E-state index is 14.7. The summed E-state index contributed by atoms with van der Waals surface area (Å²) < 4.78 is 65.8. The Morgan fingerprint density at radius 2 is 1.37 bits per heavy atom. The molecule has 0 saturated carbocycles. The standard InChI is InChI=1S/C35H36F2N2O13/c1-46-31(42)16-38(17-32(43)47-2)7-8-50-9-10-51-28-6-5-20(11-25(28)39(18-33(44)48-3)19-34(45)49-4)35-21-12-23(36)26(40)14-29(21)52-30-15-27(41)24(37)13-22(30)35/h5-6,11-15,40H,7-10,16-19H2,1-4H3. The van der Waals surface area contributed by atoms with E-state index in [0.717, 1.165) is 38.5 Å². The lowest BCUT2D eigenvalue weighted by Crippen LogP contribution is -2.38.